The van der Waals surface area contributed by atoms with Crippen LogP contribution in [0.2, 0.25) is 0 Å². The van der Waals surface area contributed by atoms with Gasteiger partial charge in [0, 0.05) is 11.3 Å². The van der Waals surface area contributed by atoms with Crippen LogP contribution in [0.15, 0.2) is 60.7 Å². The number of carbonyl (C=O) groups is 3. The minimum atomic E-state index is -0.270. The molecule has 0 radical (unpaired) electrons. The van der Waals surface area contributed by atoms with E-state index in [1.54, 1.807) is 55.6 Å². The van der Waals surface area contributed by atoms with Crippen LogP contribution in [0, 0.1) is 11.8 Å². The van der Waals surface area contributed by atoms with Gasteiger partial charge in [-0.2, -0.15) is 0 Å². The lowest BCUT2D eigenvalue weighted by molar-refractivity contribution is -0.122. The van der Waals surface area contributed by atoms with Crippen molar-refractivity contribution in [3.8, 4) is 5.75 Å². The summed E-state index contributed by atoms with van der Waals surface area (Å²) in [6.07, 6.45) is 5.13. The number of nitrogens with one attached hydrogen (secondary N) is 1. The molecule has 1 saturated heterocycles. The summed E-state index contributed by atoms with van der Waals surface area (Å²) in [5.74, 6) is -0.414. The number of ether oxygens (including phenoxy) is 1. The Labute approximate surface area is 162 Å². The number of amides is 3. The van der Waals surface area contributed by atoms with Gasteiger partial charge in [0.2, 0.25) is 11.8 Å². The van der Waals surface area contributed by atoms with Crippen LogP contribution in [0.4, 0.5) is 11.4 Å². The number of methoxy groups -OCH3 is 1. The SMILES string of the molecule is COc1ccc(NC(=O)c2ccc(N3C(=O)C4CC=CCC4C3=O)cc2)cc1. The van der Waals surface area contributed by atoms with Crippen molar-refractivity contribution in [3.05, 3.63) is 66.2 Å². The minimum Gasteiger partial charge on any atom is -0.497 e. The molecule has 0 aromatic heterocycles. The monoisotopic (exact) mass is 376 g/mol. The van der Waals surface area contributed by atoms with Gasteiger partial charge in [-0.3, -0.25) is 19.3 Å². The van der Waals surface area contributed by atoms with Gasteiger partial charge in [0.05, 0.1) is 24.6 Å². The van der Waals surface area contributed by atoms with Gasteiger partial charge in [-0.25, -0.2) is 0 Å². The van der Waals surface area contributed by atoms with Gasteiger partial charge >= 0.3 is 0 Å². The summed E-state index contributed by atoms with van der Waals surface area (Å²) in [5, 5.41) is 2.81. The molecular weight excluding hydrogens is 356 g/mol. The Kier molecular flexibility index (Phi) is 4.69. The average Bonchev–Trinajstić information content (AvgIpc) is 2.99. The average molecular weight is 376 g/mol. The maximum Gasteiger partial charge on any atom is 0.255 e. The zero-order valence-electron chi connectivity index (χ0n) is 15.4. The predicted octanol–water partition coefficient (Wildman–Crippen LogP) is 3.40. The maximum absolute atomic E-state index is 12.6. The van der Waals surface area contributed by atoms with Crippen LogP contribution in [-0.4, -0.2) is 24.8 Å². The van der Waals surface area contributed by atoms with E-state index in [0.717, 1.165) is 0 Å². The summed E-state index contributed by atoms with van der Waals surface area (Å²) >= 11 is 0. The predicted molar refractivity (Wildman–Crippen MR) is 105 cm³/mol. The van der Waals surface area contributed by atoms with Gasteiger partial charge in [-0.1, -0.05) is 12.2 Å². The van der Waals surface area contributed by atoms with Gasteiger partial charge in [-0.15, -0.1) is 0 Å². The van der Waals surface area contributed by atoms with E-state index in [0.29, 0.717) is 35.5 Å². The quantitative estimate of drug-likeness (QED) is 0.655. The Hall–Kier alpha value is -3.41. The highest BCUT2D eigenvalue weighted by atomic mass is 16.5. The molecule has 1 fully saturated rings. The molecule has 0 bridgehead atoms. The number of anilines is 2. The van der Waals surface area contributed by atoms with E-state index >= 15 is 0 Å². The zero-order valence-corrected chi connectivity index (χ0v) is 15.4. The Morgan fingerprint density at radius 3 is 2.04 bits per heavy atom. The largest absolute Gasteiger partial charge is 0.497 e. The summed E-state index contributed by atoms with van der Waals surface area (Å²) in [4.78, 5) is 39.0. The van der Waals surface area contributed by atoms with Crippen LogP contribution in [0.5, 0.6) is 5.75 Å². The molecular formula is C22H20N2O4. The second kappa shape index (κ2) is 7.31. The van der Waals surface area contributed by atoms with Crippen LogP contribution in [0.1, 0.15) is 23.2 Å². The number of fused-ring (bicyclic) bond motifs is 1. The van der Waals surface area contributed by atoms with Gasteiger partial charge in [0.25, 0.3) is 5.91 Å². The molecule has 142 valence electrons. The number of benzene rings is 2. The fourth-order valence-corrected chi connectivity index (χ4v) is 3.69. The summed E-state index contributed by atoms with van der Waals surface area (Å²) < 4.78 is 5.10. The number of hydrogen-bond donors (Lipinski definition) is 1. The molecule has 0 saturated carbocycles. The van der Waals surface area contributed by atoms with E-state index in [2.05, 4.69) is 5.32 Å². The number of imide groups is 1. The van der Waals surface area contributed by atoms with E-state index in [1.165, 1.54) is 4.90 Å². The molecule has 6 nitrogen and oxygen atoms in total. The topological polar surface area (TPSA) is 75.7 Å². The number of nitrogens with zero attached hydrogens (tertiary/aromatic N) is 1. The smallest absolute Gasteiger partial charge is 0.255 e. The van der Waals surface area contributed by atoms with Gasteiger partial charge in [0.1, 0.15) is 5.75 Å². The third kappa shape index (κ3) is 3.17. The third-order valence-corrected chi connectivity index (χ3v) is 5.24. The van der Waals surface area contributed by atoms with Crippen molar-refractivity contribution in [2.24, 2.45) is 11.8 Å². The standard InChI is InChI=1S/C22H20N2O4/c1-28-17-12-8-15(9-13-17)23-20(25)14-6-10-16(11-7-14)24-21(26)18-4-2-3-5-19(18)22(24)27/h2-3,6-13,18-19H,4-5H2,1H3,(H,23,25). The molecule has 1 N–H and O–H groups in total. The van der Waals surface area contributed by atoms with Gasteiger partial charge < -0.3 is 10.1 Å². The highest BCUT2D eigenvalue weighted by molar-refractivity contribution is 6.22. The Bertz CT molecular complexity index is 922. The molecule has 4 rings (SSSR count). The van der Waals surface area contributed by atoms with Crippen molar-refractivity contribution in [1.29, 1.82) is 0 Å². The summed E-state index contributed by atoms with van der Waals surface area (Å²) in [7, 11) is 1.58. The van der Waals surface area contributed by atoms with E-state index in [1.807, 2.05) is 12.2 Å². The minimum absolute atomic E-state index is 0.158. The molecule has 6 heteroatoms. The van der Waals surface area contributed by atoms with E-state index in [-0.39, 0.29) is 29.6 Å². The number of allylic oxidation sites excluding steroid dienone is 2. The fraction of sp³-hybridized carbons (Fsp3) is 0.227. The lowest BCUT2D eigenvalue weighted by atomic mass is 9.85. The van der Waals surface area contributed by atoms with Crippen LogP contribution < -0.4 is 15.0 Å². The Balaban J connectivity index is 1.48. The van der Waals surface area contributed by atoms with Crippen LogP contribution in [0.3, 0.4) is 0 Å². The molecule has 2 atom stereocenters. The van der Waals surface area contributed by atoms with Crippen molar-refractivity contribution in [1.82, 2.24) is 0 Å². The highest BCUT2D eigenvalue weighted by Gasteiger charge is 2.47. The second-order valence-corrected chi connectivity index (χ2v) is 6.90. The summed E-state index contributed by atoms with van der Waals surface area (Å²) in [5.41, 5.74) is 1.60. The number of hydrogen-bond acceptors (Lipinski definition) is 4. The van der Waals surface area contributed by atoms with E-state index in [9.17, 15) is 14.4 Å². The Morgan fingerprint density at radius 2 is 1.50 bits per heavy atom. The molecule has 2 unspecified atom stereocenters. The summed E-state index contributed by atoms with van der Waals surface area (Å²) in [6.45, 7) is 0. The molecule has 1 heterocycles. The van der Waals surface area contributed by atoms with Crippen molar-refractivity contribution < 1.29 is 19.1 Å². The normalized spacial score (nSPS) is 20.8. The lowest BCUT2D eigenvalue weighted by Crippen LogP contribution is -2.30. The Morgan fingerprint density at radius 1 is 0.929 bits per heavy atom. The van der Waals surface area contributed by atoms with Crippen LogP contribution in [-0.2, 0) is 9.59 Å². The molecule has 2 aliphatic rings. The van der Waals surface area contributed by atoms with Crippen molar-refractivity contribution in [2.75, 3.05) is 17.3 Å². The highest BCUT2D eigenvalue weighted by Crippen LogP contribution is 2.37. The molecule has 0 spiro atoms. The second-order valence-electron chi connectivity index (χ2n) is 6.90. The first-order chi connectivity index (χ1) is 13.6. The summed E-state index contributed by atoms with van der Waals surface area (Å²) in [6, 6.07) is 13.6. The molecule has 1 aliphatic heterocycles. The first-order valence-electron chi connectivity index (χ1n) is 9.17. The van der Waals surface area contributed by atoms with Crippen LogP contribution in [0.25, 0.3) is 0 Å². The zero-order chi connectivity index (χ0) is 19.7. The van der Waals surface area contributed by atoms with E-state index < -0.39 is 0 Å². The molecule has 1 aliphatic carbocycles. The van der Waals surface area contributed by atoms with Crippen LogP contribution >= 0.6 is 0 Å². The van der Waals surface area contributed by atoms with Gasteiger partial charge in [0.15, 0.2) is 0 Å². The molecule has 2 aromatic carbocycles. The first-order valence-corrected chi connectivity index (χ1v) is 9.17. The van der Waals surface area contributed by atoms with Crippen molar-refractivity contribution >= 4 is 29.1 Å². The molecule has 28 heavy (non-hydrogen) atoms. The molecule has 2 aromatic rings. The van der Waals surface area contributed by atoms with Gasteiger partial charge in [-0.05, 0) is 61.4 Å². The first kappa shape index (κ1) is 18.0. The number of rotatable bonds is 4. The third-order valence-electron chi connectivity index (χ3n) is 5.24. The van der Waals surface area contributed by atoms with Crippen molar-refractivity contribution in [3.63, 3.8) is 0 Å². The molecule has 3 amide bonds. The fourth-order valence-electron chi connectivity index (χ4n) is 3.69. The van der Waals surface area contributed by atoms with Crippen molar-refractivity contribution in [2.45, 2.75) is 12.8 Å². The maximum atomic E-state index is 12.6. The number of carbonyl (C=O) groups excluding carboxylic acids is 3. The van der Waals surface area contributed by atoms with E-state index in [4.69, 9.17) is 4.74 Å². The lowest BCUT2D eigenvalue weighted by Gasteiger charge is -2.15.